The minimum absolute atomic E-state index is 0.0327. The summed E-state index contributed by atoms with van der Waals surface area (Å²) in [4.78, 5) is 26.7. The zero-order valence-corrected chi connectivity index (χ0v) is 13.9. The first-order valence-electron chi connectivity index (χ1n) is 8.04. The Labute approximate surface area is 145 Å². The lowest BCUT2D eigenvalue weighted by molar-refractivity contribution is -0.384. The van der Waals surface area contributed by atoms with Crippen LogP contribution in [0.5, 0.6) is 5.75 Å². The monoisotopic (exact) mass is 341 g/mol. The lowest BCUT2D eigenvalue weighted by Gasteiger charge is -2.36. The highest BCUT2D eigenvalue weighted by molar-refractivity contribution is 5.97. The standard InChI is InChI=1S/C18H19N3O4/c1-13-3-2-4-16(17(13)22)18(23)20-11-9-19(10-12-20)14-5-7-15(8-6-14)21(24)25/h2-8,22H,9-12H2,1H3. The van der Waals surface area contributed by atoms with Crippen LogP contribution in [0.25, 0.3) is 0 Å². The summed E-state index contributed by atoms with van der Waals surface area (Å²) in [5.74, 6) is -0.144. The number of aryl methyl sites for hydroxylation is 1. The summed E-state index contributed by atoms with van der Waals surface area (Å²) in [7, 11) is 0. The van der Waals surface area contributed by atoms with Crippen LogP contribution in [0, 0.1) is 17.0 Å². The number of benzene rings is 2. The van der Waals surface area contributed by atoms with Crippen molar-refractivity contribution in [2.45, 2.75) is 6.92 Å². The number of aromatic hydroxyl groups is 1. The van der Waals surface area contributed by atoms with Gasteiger partial charge in [-0.25, -0.2) is 0 Å². The van der Waals surface area contributed by atoms with Gasteiger partial charge in [-0.3, -0.25) is 14.9 Å². The van der Waals surface area contributed by atoms with Gasteiger partial charge in [0.05, 0.1) is 10.5 Å². The van der Waals surface area contributed by atoms with Crippen molar-refractivity contribution in [1.82, 2.24) is 4.90 Å². The number of nitro benzene ring substituents is 1. The molecule has 2 aromatic carbocycles. The number of nitrogens with zero attached hydrogens (tertiary/aromatic N) is 3. The lowest BCUT2D eigenvalue weighted by Crippen LogP contribution is -2.48. The Bertz CT molecular complexity index is 796. The highest BCUT2D eigenvalue weighted by Crippen LogP contribution is 2.25. The second-order valence-corrected chi connectivity index (χ2v) is 6.02. The van der Waals surface area contributed by atoms with Crippen molar-refractivity contribution in [3.05, 3.63) is 63.7 Å². The number of para-hydroxylation sites is 1. The Morgan fingerprint density at radius 1 is 1.08 bits per heavy atom. The minimum Gasteiger partial charge on any atom is -0.507 e. The summed E-state index contributed by atoms with van der Waals surface area (Å²) in [5, 5.41) is 20.8. The normalized spacial score (nSPS) is 14.4. The molecule has 0 radical (unpaired) electrons. The van der Waals surface area contributed by atoms with E-state index in [1.807, 2.05) is 0 Å². The molecule has 0 bridgehead atoms. The Hall–Kier alpha value is -3.09. The predicted octanol–water partition coefficient (Wildman–Crippen LogP) is 2.57. The van der Waals surface area contributed by atoms with Crippen LogP contribution in [0.3, 0.4) is 0 Å². The molecule has 1 heterocycles. The van der Waals surface area contributed by atoms with E-state index in [-0.39, 0.29) is 17.3 Å². The van der Waals surface area contributed by atoms with Gasteiger partial charge in [-0.15, -0.1) is 0 Å². The Morgan fingerprint density at radius 2 is 1.72 bits per heavy atom. The SMILES string of the molecule is Cc1cccc(C(=O)N2CCN(c3ccc([N+](=O)[O-])cc3)CC2)c1O. The molecule has 7 heteroatoms. The van der Waals surface area contributed by atoms with Crippen LogP contribution >= 0.6 is 0 Å². The van der Waals surface area contributed by atoms with Gasteiger partial charge < -0.3 is 14.9 Å². The topological polar surface area (TPSA) is 86.9 Å². The van der Waals surface area contributed by atoms with Gasteiger partial charge in [0, 0.05) is 44.0 Å². The summed E-state index contributed by atoms with van der Waals surface area (Å²) in [5.41, 5.74) is 1.96. The number of carbonyl (C=O) groups is 1. The molecule has 0 unspecified atom stereocenters. The van der Waals surface area contributed by atoms with Crippen LogP contribution in [-0.4, -0.2) is 47.0 Å². The van der Waals surface area contributed by atoms with Gasteiger partial charge in [0.15, 0.2) is 0 Å². The molecule has 1 saturated heterocycles. The molecule has 25 heavy (non-hydrogen) atoms. The molecule has 7 nitrogen and oxygen atoms in total. The number of phenols is 1. The average molecular weight is 341 g/mol. The van der Waals surface area contributed by atoms with Crippen LogP contribution in [0.15, 0.2) is 42.5 Å². The van der Waals surface area contributed by atoms with Crippen molar-refractivity contribution in [2.75, 3.05) is 31.1 Å². The molecular weight excluding hydrogens is 322 g/mol. The summed E-state index contributed by atoms with van der Waals surface area (Å²) < 4.78 is 0. The van der Waals surface area contributed by atoms with E-state index in [9.17, 15) is 20.0 Å². The summed E-state index contributed by atoms with van der Waals surface area (Å²) in [6.07, 6.45) is 0. The fourth-order valence-corrected chi connectivity index (χ4v) is 2.95. The third-order valence-electron chi connectivity index (χ3n) is 4.46. The van der Waals surface area contributed by atoms with Crippen LogP contribution in [0.1, 0.15) is 15.9 Å². The van der Waals surface area contributed by atoms with E-state index in [0.29, 0.717) is 37.3 Å². The Morgan fingerprint density at radius 3 is 2.32 bits per heavy atom. The summed E-state index contributed by atoms with van der Waals surface area (Å²) in [6, 6.07) is 11.6. The van der Waals surface area contributed by atoms with Crippen molar-refractivity contribution in [1.29, 1.82) is 0 Å². The van der Waals surface area contributed by atoms with Crippen LogP contribution in [0.4, 0.5) is 11.4 Å². The second kappa shape index (κ2) is 6.80. The molecule has 1 N–H and O–H groups in total. The van der Waals surface area contributed by atoms with Gasteiger partial charge in [-0.1, -0.05) is 12.1 Å². The van der Waals surface area contributed by atoms with Crippen LogP contribution in [0.2, 0.25) is 0 Å². The number of non-ortho nitro benzene ring substituents is 1. The fraction of sp³-hybridized carbons (Fsp3) is 0.278. The molecule has 0 atom stereocenters. The molecule has 0 aliphatic carbocycles. The molecule has 2 aromatic rings. The third-order valence-corrected chi connectivity index (χ3v) is 4.46. The van der Waals surface area contributed by atoms with Gasteiger partial charge >= 0.3 is 0 Å². The van der Waals surface area contributed by atoms with E-state index >= 15 is 0 Å². The molecule has 1 aliphatic heterocycles. The van der Waals surface area contributed by atoms with Crippen molar-refractivity contribution in [3.8, 4) is 5.75 Å². The number of piperazine rings is 1. The highest BCUT2D eigenvalue weighted by atomic mass is 16.6. The van der Waals surface area contributed by atoms with E-state index in [1.54, 1.807) is 42.2 Å². The number of rotatable bonds is 3. The van der Waals surface area contributed by atoms with Crippen molar-refractivity contribution in [2.24, 2.45) is 0 Å². The maximum absolute atomic E-state index is 12.6. The second-order valence-electron chi connectivity index (χ2n) is 6.02. The van der Waals surface area contributed by atoms with Gasteiger partial charge in [0.25, 0.3) is 11.6 Å². The number of phenolic OH excluding ortho intramolecular Hbond substituents is 1. The van der Waals surface area contributed by atoms with E-state index in [0.717, 1.165) is 5.69 Å². The van der Waals surface area contributed by atoms with Crippen LogP contribution in [-0.2, 0) is 0 Å². The van der Waals surface area contributed by atoms with E-state index in [2.05, 4.69) is 4.90 Å². The number of carbonyl (C=O) groups excluding carboxylic acids is 1. The maximum Gasteiger partial charge on any atom is 0.269 e. The van der Waals surface area contributed by atoms with E-state index in [1.165, 1.54) is 12.1 Å². The highest BCUT2D eigenvalue weighted by Gasteiger charge is 2.24. The number of hydrogen-bond acceptors (Lipinski definition) is 5. The molecule has 1 fully saturated rings. The lowest BCUT2D eigenvalue weighted by atomic mass is 10.1. The first-order valence-corrected chi connectivity index (χ1v) is 8.04. The Kier molecular flexibility index (Phi) is 4.56. The van der Waals surface area contributed by atoms with Gasteiger partial charge in [-0.2, -0.15) is 0 Å². The zero-order chi connectivity index (χ0) is 18.0. The van der Waals surface area contributed by atoms with Crippen molar-refractivity contribution >= 4 is 17.3 Å². The maximum atomic E-state index is 12.6. The fourth-order valence-electron chi connectivity index (χ4n) is 2.95. The van der Waals surface area contributed by atoms with Gasteiger partial charge in [0.2, 0.25) is 0 Å². The Balaban J connectivity index is 1.66. The smallest absolute Gasteiger partial charge is 0.269 e. The minimum atomic E-state index is -0.422. The molecule has 1 amide bonds. The van der Waals surface area contributed by atoms with Crippen LogP contribution < -0.4 is 4.90 Å². The summed E-state index contributed by atoms with van der Waals surface area (Å²) in [6.45, 7) is 4.09. The largest absolute Gasteiger partial charge is 0.507 e. The zero-order valence-electron chi connectivity index (χ0n) is 13.9. The molecule has 0 spiro atoms. The van der Waals surface area contributed by atoms with E-state index in [4.69, 9.17) is 0 Å². The first kappa shape index (κ1) is 16.8. The number of amides is 1. The molecule has 0 aromatic heterocycles. The number of anilines is 1. The molecular formula is C18H19N3O4. The van der Waals surface area contributed by atoms with Gasteiger partial charge in [0.1, 0.15) is 5.75 Å². The van der Waals surface area contributed by atoms with E-state index < -0.39 is 4.92 Å². The first-order chi connectivity index (χ1) is 12.0. The van der Waals surface area contributed by atoms with Crippen molar-refractivity contribution in [3.63, 3.8) is 0 Å². The average Bonchev–Trinajstić information content (AvgIpc) is 2.64. The third kappa shape index (κ3) is 3.40. The van der Waals surface area contributed by atoms with Gasteiger partial charge in [-0.05, 0) is 30.7 Å². The van der Waals surface area contributed by atoms with Crippen molar-refractivity contribution < 1.29 is 14.8 Å². The molecule has 3 rings (SSSR count). The number of nitro groups is 1. The summed E-state index contributed by atoms with van der Waals surface area (Å²) >= 11 is 0. The molecule has 130 valence electrons. The number of hydrogen-bond donors (Lipinski definition) is 1. The molecule has 1 aliphatic rings. The quantitative estimate of drug-likeness (QED) is 0.685. The predicted molar refractivity (Wildman–Crippen MR) is 94.1 cm³/mol. The molecule has 0 saturated carbocycles.